The third-order valence-electron chi connectivity index (χ3n) is 7.13. The SMILES string of the molecule is CC(=O)N1CCC(n2c(-c3ccnc(N(C)c4cccc(N)c4)n3)c(-c3ccc(F)cc3)c(=O)n2C)CC1. The zero-order valence-electron chi connectivity index (χ0n) is 21.6. The van der Waals surface area contributed by atoms with E-state index in [-0.39, 0.29) is 23.3 Å². The highest BCUT2D eigenvalue weighted by Crippen LogP contribution is 2.35. The van der Waals surface area contributed by atoms with Crippen molar-refractivity contribution < 1.29 is 9.18 Å². The number of nitrogens with two attached hydrogens (primary N) is 1. The van der Waals surface area contributed by atoms with Crippen molar-refractivity contribution in [2.24, 2.45) is 7.05 Å². The van der Waals surface area contributed by atoms with Crippen LogP contribution in [0.2, 0.25) is 0 Å². The fraction of sp³-hybridized carbons (Fsp3) is 0.286. The first-order valence-corrected chi connectivity index (χ1v) is 12.5. The molecule has 10 heteroatoms. The maximum Gasteiger partial charge on any atom is 0.274 e. The Morgan fingerprint density at radius 2 is 1.82 bits per heavy atom. The zero-order valence-corrected chi connectivity index (χ0v) is 21.6. The predicted octanol–water partition coefficient (Wildman–Crippen LogP) is 3.98. The van der Waals surface area contributed by atoms with Gasteiger partial charge < -0.3 is 15.5 Å². The van der Waals surface area contributed by atoms with E-state index in [1.807, 2.05) is 45.8 Å². The van der Waals surface area contributed by atoms with Crippen molar-refractivity contribution in [1.82, 2.24) is 24.2 Å². The van der Waals surface area contributed by atoms with Crippen LogP contribution in [0, 0.1) is 5.82 Å². The molecule has 0 unspecified atom stereocenters. The van der Waals surface area contributed by atoms with Crippen molar-refractivity contribution in [3.63, 3.8) is 0 Å². The molecule has 3 heterocycles. The molecule has 1 amide bonds. The second-order valence-corrected chi connectivity index (χ2v) is 9.54. The van der Waals surface area contributed by atoms with Crippen LogP contribution in [0.1, 0.15) is 25.8 Å². The number of carbonyl (C=O) groups is 1. The highest BCUT2D eigenvalue weighted by molar-refractivity contribution is 5.80. The third-order valence-corrected chi connectivity index (χ3v) is 7.13. The molecule has 196 valence electrons. The molecule has 0 aliphatic carbocycles. The number of aromatic nitrogens is 4. The number of nitrogens with zero attached hydrogens (tertiary/aromatic N) is 6. The van der Waals surface area contributed by atoms with E-state index >= 15 is 0 Å². The second-order valence-electron chi connectivity index (χ2n) is 9.54. The van der Waals surface area contributed by atoms with Crippen molar-refractivity contribution in [2.45, 2.75) is 25.8 Å². The minimum absolute atomic E-state index is 0.0300. The molecule has 5 rings (SSSR count). The fourth-order valence-corrected chi connectivity index (χ4v) is 5.09. The van der Waals surface area contributed by atoms with Gasteiger partial charge in [-0.25, -0.2) is 14.4 Å². The first kappa shape index (κ1) is 25.2. The van der Waals surface area contributed by atoms with Crippen LogP contribution < -0.4 is 16.2 Å². The number of carbonyl (C=O) groups excluding carboxylic acids is 1. The third kappa shape index (κ3) is 4.65. The number of likely N-dealkylation sites (tertiary alicyclic amines) is 1. The lowest BCUT2D eigenvalue weighted by Gasteiger charge is -2.33. The number of halogens is 1. The van der Waals surface area contributed by atoms with Crippen LogP contribution in [0.4, 0.5) is 21.7 Å². The lowest BCUT2D eigenvalue weighted by atomic mass is 10.0. The normalized spacial score (nSPS) is 14.1. The van der Waals surface area contributed by atoms with Crippen molar-refractivity contribution in [3.05, 3.63) is 77.0 Å². The van der Waals surface area contributed by atoms with Gasteiger partial charge in [0.05, 0.1) is 23.0 Å². The molecule has 0 saturated carbocycles. The van der Waals surface area contributed by atoms with E-state index in [9.17, 15) is 14.0 Å². The molecule has 2 aromatic heterocycles. The molecule has 9 nitrogen and oxygen atoms in total. The van der Waals surface area contributed by atoms with E-state index in [0.29, 0.717) is 60.1 Å². The molecular weight excluding hydrogens is 485 g/mol. The summed E-state index contributed by atoms with van der Waals surface area (Å²) in [6.07, 6.45) is 3.05. The summed E-state index contributed by atoms with van der Waals surface area (Å²) in [6, 6.07) is 15.1. The van der Waals surface area contributed by atoms with Crippen LogP contribution in [-0.2, 0) is 11.8 Å². The number of piperidine rings is 1. The van der Waals surface area contributed by atoms with E-state index in [1.54, 1.807) is 43.0 Å². The van der Waals surface area contributed by atoms with Crippen LogP contribution >= 0.6 is 0 Å². The Bertz CT molecular complexity index is 1540. The highest BCUT2D eigenvalue weighted by Gasteiger charge is 2.30. The highest BCUT2D eigenvalue weighted by atomic mass is 19.1. The fourth-order valence-electron chi connectivity index (χ4n) is 5.09. The standard InChI is InChI=1S/C28H30FN7O2/c1-18(37)35-15-12-22(13-16-35)36-26(25(27(38)34(36)3)19-7-9-20(29)10-8-19)24-11-14-31-28(32-24)33(2)23-6-4-5-21(30)17-23/h4-11,14,17,22H,12-13,15-16,30H2,1-3H3. The minimum atomic E-state index is -0.378. The molecular formula is C28H30FN7O2. The van der Waals surface area contributed by atoms with Crippen LogP contribution in [0.5, 0.6) is 0 Å². The first-order chi connectivity index (χ1) is 18.2. The molecule has 0 radical (unpaired) electrons. The van der Waals surface area contributed by atoms with E-state index in [1.165, 1.54) is 12.1 Å². The number of amides is 1. The summed E-state index contributed by atoms with van der Waals surface area (Å²) in [5.41, 5.74) is 9.47. The van der Waals surface area contributed by atoms with Crippen molar-refractivity contribution in [3.8, 4) is 22.5 Å². The summed E-state index contributed by atoms with van der Waals surface area (Å²) >= 11 is 0. The maximum atomic E-state index is 13.8. The smallest absolute Gasteiger partial charge is 0.274 e. The Morgan fingerprint density at radius 1 is 1.11 bits per heavy atom. The number of nitrogen functional groups attached to an aromatic ring is 1. The predicted molar refractivity (Wildman–Crippen MR) is 146 cm³/mol. The molecule has 4 aromatic rings. The summed E-state index contributed by atoms with van der Waals surface area (Å²) in [5.74, 6) is 0.103. The van der Waals surface area contributed by atoms with Crippen molar-refractivity contribution in [1.29, 1.82) is 0 Å². The summed E-state index contributed by atoms with van der Waals surface area (Å²) in [6.45, 7) is 2.78. The quantitative estimate of drug-likeness (QED) is 0.404. The lowest BCUT2D eigenvalue weighted by molar-refractivity contribution is -0.130. The molecule has 1 aliphatic heterocycles. The number of hydrogen-bond donors (Lipinski definition) is 1. The monoisotopic (exact) mass is 515 g/mol. The van der Waals surface area contributed by atoms with E-state index < -0.39 is 0 Å². The summed E-state index contributed by atoms with van der Waals surface area (Å²) in [5, 5.41) is 0. The summed E-state index contributed by atoms with van der Waals surface area (Å²) < 4.78 is 17.4. The molecule has 1 saturated heterocycles. The van der Waals surface area contributed by atoms with Crippen LogP contribution in [0.15, 0.2) is 65.6 Å². The number of anilines is 3. The first-order valence-electron chi connectivity index (χ1n) is 12.5. The van der Waals surface area contributed by atoms with Gasteiger partial charge in [-0.15, -0.1) is 0 Å². The molecule has 0 atom stereocenters. The molecule has 2 aromatic carbocycles. The zero-order chi connectivity index (χ0) is 27.0. The van der Waals surface area contributed by atoms with Gasteiger partial charge in [0.2, 0.25) is 11.9 Å². The summed E-state index contributed by atoms with van der Waals surface area (Å²) in [7, 11) is 3.58. The Kier molecular flexibility index (Phi) is 6.71. The van der Waals surface area contributed by atoms with Gasteiger partial charge in [0.25, 0.3) is 5.56 Å². The summed E-state index contributed by atoms with van der Waals surface area (Å²) in [4.78, 5) is 38.6. The van der Waals surface area contributed by atoms with Gasteiger partial charge in [-0.2, -0.15) is 0 Å². The van der Waals surface area contributed by atoms with Crippen LogP contribution in [-0.4, -0.2) is 50.3 Å². The second kappa shape index (κ2) is 10.1. The Balaban J connectivity index is 1.66. The van der Waals surface area contributed by atoms with Gasteiger partial charge in [0.1, 0.15) is 5.82 Å². The Hall–Kier alpha value is -4.47. The van der Waals surface area contributed by atoms with Crippen LogP contribution in [0.25, 0.3) is 22.5 Å². The van der Waals surface area contributed by atoms with Gasteiger partial charge in [-0.3, -0.25) is 19.0 Å². The minimum Gasteiger partial charge on any atom is -0.399 e. The molecule has 1 fully saturated rings. The van der Waals surface area contributed by atoms with Crippen molar-refractivity contribution in [2.75, 3.05) is 30.8 Å². The van der Waals surface area contributed by atoms with E-state index in [0.717, 1.165) is 5.69 Å². The van der Waals surface area contributed by atoms with Gasteiger partial charge in [0.15, 0.2) is 0 Å². The van der Waals surface area contributed by atoms with Crippen LogP contribution in [0.3, 0.4) is 0 Å². The molecule has 38 heavy (non-hydrogen) atoms. The lowest BCUT2D eigenvalue weighted by Crippen LogP contribution is -2.39. The van der Waals surface area contributed by atoms with Gasteiger partial charge in [-0.05, 0) is 54.8 Å². The Morgan fingerprint density at radius 3 is 2.47 bits per heavy atom. The largest absolute Gasteiger partial charge is 0.399 e. The number of hydrogen-bond acceptors (Lipinski definition) is 6. The number of rotatable bonds is 5. The van der Waals surface area contributed by atoms with Crippen molar-refractivity contribution >= 4 is 23.2 Å². The van der Waals surface area contributed by atoms with E-state index in [4.69, 9.17) is 10.7 Å². The van der Waals surface area contributed by atoms with Gasteiger partial charge in [0, 0.05) is 51.7 Å². The molecule has 2 N–H and O–H groups in total. The number of benzene rings is 2. The van der Waals surface area contributed by atoms with Gasteiger partial charge >= 0.3 is 0 Å². The average Bonchev–Trinajstić information content (AvgIpc) is 3.19. The average molecular weight is 516 g/mol. The molecule has 0 bridgehead atoms. The molecule has 0 spiro atoms. The van der Waals surface area contributed by atoms with E-state index in [2.05, 4.69) is 4.98 Å². The topological polar surface area (TPSA) is 102 Å². The molecule has 1 aliphatic rings. The van der Waals surface area contributed by atoms with Gasteiger partial charge in [-0.1, -0.05) is 18.2 Å². The Labute approximate surface area is 219 Å². The maximum absolute atomic E-state index is 13.8.